The largest absolute Gasteiger partial charge is 0.395 e. The van der Waals surface area contributed by atoms with Crippen LogP contribution in [0.2, 0.25) is 10.0 Å². The fourth-order valence-corrected chi connectivity index (χ4v) is 1.61. The van der Waals surface area contributed by atoms with Crippen molar-refractivity contribution >= 4 is 23.2 Å². The Hall–Kier alpha value is -0.280. The third-order valence-corrected chi connectivity index (χ3v) is 3.33. The molecule has 0 bridgehead atoms. The van der Waals surface area contributed by atoms with Gasteiger partial charge in [-0.05, 0) is 25.6 Å². The Morgan fingerprint density at radius 1 is 1.40 bits per heavy atom. The maximum atomic E-state index is 9.01. The summed E-state index contributed by atoms with van der Waals surface area (Å²) in [5, 5.41) is 10.2. The Kier molecular flexibility index (Phi) is 4.87. The Labute approximate surface area is 100 Å². The number of hydrogen-bond donors (Lipinski definition) is 1. The van der Waals surface area contributed by atoms with E-state index < -0.39 is 0 Å². The fourth-order valence-electron chi connectivity index (χ4n) is 1.23. The van der Waals surface area contributed by atoms with Crippen LogP contribution >= 0.6 is 23.2 Å². The number of aliphatic hydroxyl groups excluding tert-OH is 1. The molecule has 1 atom stereocenters. The van der Waals surface area contributed by atoms with Crippen molar-refractivity contribution in [2.45, 2.75) is 19.5 Å². The molecule has 2 nitrogen and oxygen atoms in total. The van der Waals surface area contributed by atoms with E-state index in [9.17, 15) is 0 Å². The maximum Gasteiger partial charge on any atom is 0.0637 e. The first-order chi connectivity index (χ1) is 7.06. The van der Waals surface area contributed by atoms with Gasteiger partial charge in [0.15, 0.2) is 0 Å². The van der Waals surface area contributed by atoms with E-state index in [2.05, 4.69) is 0 Å². The second-order valence-electron chi connectivity index (χ2n) is 3.66. The standard InChI is InChI=1S/C11H15Cl2NO/c1-8(7-15)14(2)6-9-4-3-5-10(12)11(9)13/h3-5,8,15H,6-7H2,1-2H3. The van der Waals surface area contributed by atoms with Gasteiger partial charge < -0.3 is 5.11 Å². The predicted molar refractivity (Wildman–Crippen MR) is 64.5 cm³/mol. The smallest absolute Gasteiger partial charge is 0.0637 e. The minimum absolute atomic E-state index is 0.111. The molecule has 0 amide bonds. The number of rotatable bonds is 4. The highest BCUT2D eigenvalue weighted by Crippen LogP contribution is 2.26. The summed E-state index contributed by atoms with van der Waals surface area (Å²) in [5.74, 6) is 0. The summed E-state index contributed by atoms with van der Waals surface area (Å²) in [7, 11) is 1.94. The van der Waals surface area contributed by atoms with Crippen molar-refractivity contribution in [1.29, 1.82) is 0 Å². The van der Waals surface area contributed by atoms with Crippen molar-refractivity contribution in [2.24, 2.45) is 0 Å². The topological polar surface area (TPSA) is 23.5 Å². The molecular formula is C11H15Cl2NO. The fraction of sp³-hybridized carbons (Fsp3) is 0.455. The van der Waals surface area contributed by atoms with Crippen LogP contribution in [-0.4, -0.2) is 29.7 Å². The number of benzene rings is 1. The van der Waals surface area contributed by atoms with Crippen LogP contribution in [0.15, 0.2) is 18.2 Å². The van der Waals surface area contributed by atoms with E-state index in [4.69, 9.17) is 28.3 Å². The molecule has 1 rings (SSSR count). The molecule has 0 heterocycles. The molecule has 1 N–H and O–H groups in total. The summed E-state index contributed by atoms with van der Waals surface area (Å²) in [6.07, 6.45) is 0. The molecule has 0 aliphatic rings. The summed E-state index contributed by atoms with van der Waals surface area (Å²) >= 11 is 12.0. The van der Waals surface area contributed by atoms with Crippen LogP contribution in [0.5, 0.6) is 0 Å². The van der Waals surface area contributed by atoms with Crippen LogP contribution in [0.25, 0.3) is 0 Å². The lowest BCUT2D eigenvalue weighted by molar-refractivity contribution is 0.154. The molecule has 0 aliphatic heterocycles. The molecule has 0 saturated heterocycles. The number of hydrogen-bond acceptors (Lipinski definition) is 2. The molecule has 0 fully saturated rings. The minimum atomic E-state index is 0.111. The second kappa shape index (κ2) is 5.71. The lowest BCUT2D eigenvalue weighted by atomic mass is 10.2. The van der Waals surface area contributed by atoms with Crippen LogP contribution in [0, 0.1) is 0 Å². The van der Waals surface area contributed by atoms with Gasteiger partial charge >= 0.3 is 0 Å². The normalized spacial score (nSPS) is 13.2. The highest BCUT2D eigenvalue weighted by molar-refractivity contribution is 6.42. The quantitative estimate of drug-likeness (QED) is 0.885. The number of aliphatic hydroxyl groups is 1. The lowest BCUT2D eigenvalue weighted by Gasteiger charge is -2.23. The van der Waals surface area contributed by atoms with Crippen molar-refractivity contribution < 1.29 is 5.11 Å². The van der Waals surface area contributed by atoms with E-state index in [0.717, 1.165) is 5.56 Å². The first kappa shape index (κ1) is 12.8. The third-order valence-electron chi connectivity index (χ3n) is 2.47. The van der Waals surface area contributed by atoms with Crippen LogP contribution < -0.4 is 0 Å². The van der Waals surface area contributed by atoms with Gasteiger partial charge in [-0.25, -0.2) is 0 Å². The molecular weight excluding hydrogens is 233 g/mol. The zero-order chi connectivity index (χ0) is 11.4. The van der Waals surface area contributed by atoms with Crippen LogP contribution in [0.4, 0.5) is 0 Å². The summed E-state index contributed by atoms with van der Waals surface area (Å²) in [5.41, 5.74) is 0.979. The second-order valence-corrected chi connectivity index (χ2v) is 4.44. The van der Waals surface area contributed by atoms with Gasteiger partial charge in [-0.2, -0.15) is 0 Å². The number of halogens is 2. The van der Waals surface area contributed by atoms with Crippen molar-refractivity contribution in [3.63, 3.8) is 0 Å². The van der Waals surface area contributed by atoms with Crippen molar-refractivity contribution in [3.8, 4) is 0 Å². The predicted octanol–water partition coefficient (Wildman–Crippen LogP) is 2.81. The molecule has 0 saturated carbocycles. The molecule has 1 aromatic carbocycles. The summed E-state index contributed by atoms with van der Waals surface area (Å²) in [6, 6.07) is 5.69. The van der Waals surface area contributed by atoms with Gasteiger partial charge in [0.25, 0.3) is 0 Å². The highest BCUT2D eigenvalue weighted by Gasteiger charge is 2.11. The lowest BCUT2D eigenvalue weighted by Crippen LogP contribution is -2.31. The van der Waals surface area contributed by atoms with Crippen LogP contribution in [0.3, 0.4) is 0 Å². The van der Waals surface area contributed by atoms with Crippen molar-refractivity contribution in [3.05, 3.63) is 33.8 Å². The van der Waals surface area contributed by atoms with E-state index >= 15 is 0 Å². The molecule has 1 aromatic rings. The van der Waals surface area contributed by atoms with Crippen molar-refractivity contribution in [1.82, 2.24) is 4.90 Å². The van der Waals surface area contributed by atoms with Crippen molar-refractivity contribution in [2.75, 3.05) is 13.7 Å². The first-order valence-corrected chi connectivity index (χ1v) is 5.55. The van der Waals surface area contributed by atoms with E-state index in [-0.39, 0.29) is 12.6 Å². The summed E-state index contributed by atoms with van der Waals surface area (Å²) < 4.78 is 0. The van der Waals surface area contributed by atoms with E-state index in [1.54, 1.807) is 6.07 Å². The molecule has 0 aliphatic carbocycles. The SMILES string of the molecule is CC(CO)N(C)Cc1cccc(Cl)c1Cl. The zero-order valence-corrected chi connectivity index (χ0v) is 10.4. The minimum Gasteiger partial charge on any atom is -0.395 e. The monoisotopic (exact) mass is 247 g/mol. The molecule has 0 radical (unpaired) electrons. The van der Waals surface area contributed by atoms with Gasteiger partial charge in [0.05, 0.1) is 16.7 Å². The maximum absolute atomic E-state index is 9.01. The average Bonchev–Trinajstić information content (AvgIpc) is 2.23. The zero-order valence-electron chi connectivity index (χ0n) is 8.87. The molecule has 84 valence electrons. The van der Waals surface area contributed by atoms with Crippen LogP contribution in [0.1, 0.15) is 12.5 Å². The Morgan fingerprint density at radius 3 is 2.67 bits per heavy atom. The summed E-state index contributed by atoms with van der Waals surface area (Å²) in [6.45, 7) is 2.77. The Morgan fingerprint density at radius 2 is 2.07 bits per heavy atom. The van der Waals surface area contributed by atoms with Gasteiger partial charge in [0, 0.05) is 12.6 Å². The first-order valence-electron chi connectivity index (χ1n) is 4.80. The van der Waals surface area contributed by atoms with E-state index in [1.807, 2.05) is 31.0 Å². The number of nitrogens with zero attached hydrogens (tertiary/aromatic N) is 1. The molecule has 0 aromatic heterocycles. The molecule has 15 heavy (non-hydrogen) atoms. The van der Waals surface area contributed by atoms with E-state index in [1.165, 1.54) is 0 Å². The van der Waals surface area contributed by atoms with Gasteiger partial charge in [-0.3, -0.25) is 4.90 Å². The van der Waals surface area contributed by atoms with Gasteiger partial charge in [-0.1, -0.05) is 35.3 Å². The van der Waals surface area contributed by atoms with Crippen LogP contribution in [-0.2, 0) is 6.54 Å². The summed E-state index contributed by atoms with van der Waals surface area (Å²) in [4.78, 5) is 2.03. The average molecular weight is 248 g/mol. The molecule has 4 heteroatoms. The Bertz CT molecular complexity index is 330. The molecule has 0 spiro atoms. The van der Waals surface area contributed by atoms with Gasteiger partial charge in [0.1, 0.15) is 0 Å². The Balaban J connectivity index is 2.76. The van der Waals surface area contributed by atoms with Gasteiger partial charge in [0.2, 0.25) is 0 Å². The third kappa shape index (κ3) is 3.35. The van der Waals surface area contributed by atoms with Gasteiger partial charge in [-0.15, -0.1) is 0 Å². The molecule has 1 unspecified atom stereocenters. The number of likely N-dealkylation sites (N-methyl/N-ethyl adjacent to an activating group) is 1. The van der Waals surface area contributed by atoms with E-state index in [0.29, 0.717) is 16.6 Å². The highest BCUT2D eigenvalue weighted by atomic mass is 35.5.